The Morgan fingerprint density at radius 3 is 2.70 bits per heavy atom. The number of piperidine rings is 1. The minimum atomic E-state index is -0.569. The van der Waals surface area contributed by atoms with Gasteiger partial charge in [-0.3, -0.25) is 19.7 Å². The highest BCUT2D eigenvalue weighted by Crippen LogP contribution is 2.28. The Bertz CT molecular complexity index is 769. The van der Waals surface area contributed by atoms with Gasteiger partial charge in [0.1, 0.15) is 6.04 Å². The molecule has 1 saturated heterocycles. The molecule has 1 atom stereocenters. The zero-order valence-electron chi connectivity index (χ0n) is 16.2. The maximum atomic E-state index is 12.8. The number of amides is 3. The van der Waals surface area contributed by atoms with Crippen LogP contribution in [-0.4, -0.2) is 52.7 Å². The number of nitrogens with one attached hydrogen (secondary N) is 1. The number of rotatable bonds is 6. The van der Waals surface area contributed by atoms with Crippen molar-refractivity contribution in [1.29, 1.82) is 0 Å². The van der Waals surface area contributed by atoms with Gasteiger partial charge in [-0.25, -0.2) is 0 Å². The summed E-state index contributed by atoms with van der Waals surface area (Å²) in [5.74, 6) is -0.782. The van der Waals surface area contributed by atoms with Gasteiger partial charge in [0.05, 0.1) is 0 Å². The molecule has 7 nitrogen and oxygen atoms in total. The van der Waals surface area contributed by atoms with Crippen LogP contribution in [0.3, 0.4) is 0 Å². The van der Waals surface area contributed by atoms with Crippen LogP contribution in [-0.2, 0) is 22.7 Å². The van der Waals surface area contributed by atoms with Crippen molar-refractivity contribution in [3.05, 3.63) is 34.9 Å². The number of benzene rings is 1. The van der Waals surface area contributed by atoms with Crippen molar-refractivity contribution >= 4 is 17.7 Å². The summed E-state index contributed by atoms with van der Waals surface area (Å²) in [5, 5.41) is 2.33. The Morgan fingerprint density at radius 2 is 2.04 bits per heavy atom. The number of hydrogen-bond donors (Lipinski definition) is 2. The van der Waals surface area contributed by atoms with Crippen molar-refractivity contribution in [3.63, 3.8) is 0 Å². The van der Waals surface area contributed by atoms with Crippen LogP contribution in [0, 0.1) is 0 Å². The first-order valence-electron chi connectivity index (χ1n) is 9.38. The van der Waals surface area contributed by atoms with Gasteiger partial charge in [-0.1, -0.05) is 12.1 Å². The molecule has 1 aromatic rings. The third kappa shape index (κ3) is 4.54. The van der Waals surface area contributed by atoms with E-state index in [-0.39, 0.29) is 29.7 Å². The zero-order valence-corrected chi connectivity index (χ0v) is 16.2. The average Bonchev–Trinajstić information content (AvgIpc) is 2.89. The number of nitrogens with two attached hydrogens (primary N) is 1. The Labute approximate surface area is 159 Å². The molecule has 0 radical (unpaired) electrons. The molecule has 1 aromatic carbocycles. The second-order valence-corrected chi connectivity index (χ2v) is 8.37. The van der Waals surface area contributed by atoms with Gasteiger partial charge in [-0.2, -0.15) is 0 Å². The summed E-state index contributed by atoms with van der Waals surface area (Å²) in [6, 6.07) is 5.35. The zero-order chi connectivity index (χ0) is 19.8. The molecule has 146 valence electrons. The van der Waals surface area contributed by atoms with Crippen molar-refractivity contribution < 1.29 is 14.4 Å². The Kier molecular flexibility index (Phi) is 5.35. The minimum Gasteiger partial charge on any atom is -0.326 e. The lowest BCUT2D eigenvalue weighted by molar-refractivity contribution is -0.136. The summed E-state index contributed by atoms with van der Waals surface area (Å²) >= 11 is 0. The highest BCUT2D eigenvalue weighted by molar-refractivity contribution is 6.05. The maximum Gasteiger partial charge on any atom is 0.255 e. The monoisotopic (exact) mass is 372 g/mol. The number of hydrogen-bond acceptors (Lipinski definition) is 5. The second-order valence-electron chi connectivity index (χ2n) is 8.37. The fourth-order valence-corrected chi connectivity index (χ4v) is 3.57. The molecule has 0 aromatic heterocycles. The van der Waals surface area contributed by atoms with E-state index in [9.17, 15) is 14.4 Å². The van der Waals surface area contributed by atoms with Gasteiger partial charge in [0.25, 0.3) is 5.91 Å². The molecule has 1 fully saturated rings. The first-order valence-corrected chi connectivity index (χ1v) is 9.38. The Hall–Kier alpha value is -2.25. The van der Waals surface area contributed by atoms with Crippen LogP contribution >= 0.6 is 0 Å². The molecule has 3 N–H and O–H groups in total. The van der Waals surface area contributed by atoms with Gasteiger partial charge < -0.3 is 15.5 Å². The summed E-state index contributed by atoms with van der Waals surface area (Å²) in [6.07, 6.45) is 1.54. The van der Waals surface area contributed by atoms with E-state index >= 15 is 0 Å². The topological polar surface area (TPSA) is 95.7 Å². The van der Waals surface area contributed by atoms with Gasteiger partial charge in [-0.15, -0.1) is 0 Å². The minimum absolute atomic E-state index is 0.132. The molecule has 0 spiro atoms. The fraction of sp³-hybridized carbons (Fsp3) is 0.550. The molecular weight excluding hydrogens is 344 g/mol. The van der Waals surface area contributed by atoms with E-state index < -0.39 is 6.04 Å². The summed E-state index contributed by atoms with van der Waals surface area (Å²) < 4.78 is 0. The standard InChI is InChI=1S/C20H28N4O3/c1-20(2,21)8-9-23(3)11-13-4-5-14-12-24(19(27)15(14)10-13)16-6-7-17(25)22-18(16)26/h4-5,10,16H,6-9,11-12,21H2,1-3H3,(H,22,25,26). The first-order chi connectivity index (χ1) is 12.6. The third-order valence-electron chi connectivity index (χ3n) is 5.18. The molecule has 7 heteroatoms. The predicted molar refractivity (Wildman–Crippen MR) is 102 cm³/mol. The lowest BCUT2D eigenvalue weighted by atomic mass is 10.0. The second kappa shape index (κ2) is 7.40. The van der Waals surface area contributed by atoms with Crippen LogP contribution in [0.25, 0.3) is 0 Å². The molecule has 2 aliphatic heterocycles. The van der Waals surface area contributed by atoms with Crippen LogP contribution in [0.15, 0.2) is 18.2 Å². The Balaban J connectivity index is 1.67. The van der Waals surface area contributed by atoms with E-state index in [4.69, 9.17) is 5.73 Å². The van der Waals surface area contributed by atoms with Crippen molar-refractivity contribution in [2.75, 3.05) is 13.6 Å². The van der Waals surface area contributed by atoms with E-state index in [1.807, 2.05) is 39.1 Å². The van der Waals surface area contributed by atoms with E-state index in [1.165, 1.54) is 0 Å². The smallest absolute Gasteiger partial charge is 0.255 e. The highest BCUT2D eigenvalue weighted by atomic mass is 16.2. The fourth-order valence-electron chi connectivity index (χ4n) is 3.57. The lowest BCUT2D eigenvalue weighted by Gasteiger charge is -2.29. The van der Waals surface area contributed by atoms with Gasteiger partial charge in [-0.05, 0) is 57.5 Å². The summed E-state index contributed by atoms with van der Waals surface area (Å²) in [5.41, 5.74) is 8.49. The number of carbonyl (C=O) groups excluding carboxylic acids is 3. The summed E-state index contributed by atoms with van der Waals surface area (Å²) in [7, 11) is 2.04. The van der Waals surface area contributed by atoms with Crippen molar-refractivity contribution in [2.24, 2.45) is 5.73 Å². The van der Waals surface area contributed by atoms with E-state index in [1.54, 1.807) is 4.90 Å². The van der Waals surface area contributed by atoms with E-state index in [2.05, 4.69) is 10.2 Å². The summed E-state index contributed by atoms with van der Waals surface area (Å²) in [4.78, 5) is 40.1. The number of nitrogens with zero attached hydrogens (tertiary/aromatic N) is 2. The van der Waals surface area contributed by atoms with Crippen LogP contribution in [0.1, 0.15) is 54.6 Å². The Morgan fingerprint density at radius 1 is 1.30 bits per heavy atom. The molecule has 0 saturated carbocycles. The van der Waals surface area contributed by atoms with E-state index in [0.717, 1.165) is 30.6 Å². The molecule has 2 heterocycles. The van der Waals surface area contributed by atoms with Crippen molar-refractivity contribution in [1.82, 2.24) is 15.1 Å². The van der Waals surface area contributed by atoms with Gasteiger partial charge >= 0.3 is 0 Å². The molecule has 0 aliphatic carbocycles. The van der Waals surface area contributed by atoms with Crippen LogP contribution < -0.4 is 11.1 Å². The van der Waals surface area contributed by atoms with Gasteiger partial charge in [0.2, 0.25) is 11.8 Å². The molecule has 27 heavy (non-hydrogen) atoms. The highest BCUT2D eigenvalue weighted by Gasteiger charge is 2.39. The van der Waals surface area contributed by atoms with Gasteiger partial charge in [0.15, 0.2) is 0 Å². The van der Waals surface area contributed by atoms with Crippen LogP contribution in [0.4, 0.5) is 0 Å². The largest absolute Gasteiger partial charge is 0.326 e. The van der Waals surface area contributed by atoms with E-state index in [0.29, 0.717) is 18.5 Å². The third-order valence-corrected chi connectivity index (χ3v) is 5.18. The number of imide groups is 1. The van der Waals surface area contributed by atoms with Crippen LogP contribution in [0.5, 0.6) is 0 Å². The molecule has 2 aliphatic rings. The van der Waals surface area contributed by atoms with Gasteiger partial charge in [0, 0.05) is 30.6 Å². The first kappa shape index (κ1) is 19.5. The normalized spacial score (nSPS) is 20.3. The lowest BCUT2D eigenvalue weighted by Crippen LogP contribution is -2.52. The van der Waals surface area contributed by atoms with Crippen molar-refractivity contribution in [3.8, 4) is 0 Å². The number of fused-ring (bicyclic) bond motifs is 1. The molecule has 1 unspecified atom stereocenters. The summed E-state index contributed by atoms with van der Waals surface area (Å²) in [6.45, 7) is 6.04. The van der Waals surface area contributed by atoms with Crippen LogP contribution in [0.2, 0.25) is 0 Å². The molecular formula is C20H28N4O3. The predicted octanol–water partition coefficient (Wildman–Crippen LogP) is 1.01. The molecule has 3 amide bonds. The molecule has 3 rings (SSSR count). The maximum absolute atomic E-state index is 12.8. The SMILES string of the molecule is CN(CCC(C)(C)N)Cc1ccc2c(c1)C(=O)N(C1CCC(=O)NC1=O)C2. The van der Waals surface area contributed by atoms with Crippen molar-refractivity contribution in [2.45, 2.75) is 57.8 Å². The average molecular weight is 372 g/mol. The number of carbonyl (C=O) groups is 3. The molecule has 0 bridgehead atoms. The quantitative estimate of drug-likeness (QED) is 0.727.